The first kappa shape index (κ1) is 10.2. The molecule has 0 aliphatic heterocycles. The lowest BCUT2D eigenvalue weighted by molar-refractivity contribution is -0.115. The van der Waals surface area contributed by atoms with E-state index < -0.39 is 0 Å². The smallest absolute Gasteiger partial charge is 0.228 e. The van der Waals surface area contributed by atoms with Crippen LogP contribution >= 0.6 is 22.6 Å². The molecule has 1 aromatic carbocycles. The molecular weight excluding hydrogens is 277 g/mol. The Morgan fingerprint density at radius 3 is 2.85 bits per heavy atom. The number of anilines is 1. The molecule has 1 N–H and O–H groups in total. The molecule has 0 radical (unpaired) electrons. The van der Waals surface area contributed by atoms with Crippen LogP contribution in [0.15, 0.2) is 36.9 Å². The SMILES string of the molecule is C=CCC(=O)Nc1ccccc1I. The third-order valence-corrected chi connectivity index (χ3v) is 2.42. The van der Waals surface area contributed by atoms with Crippen molar-refractivity contribution in [1.29, 1.82) is 0 Å². The zero-order valence-electron chi connectivity index (χ0n) is 7.09. The number of hydrogen-bond acceptors (Lipinski definition) is 1. The van der Waals surface area contributed by atoms with Gasteiger partial charge in [0.05, 0.1) is 5.69 Å². The number of benzene rings is 1. The van der Waals surface area contributed by atoms with Crippen molar-refractivity contribution in [3.05, 3.63) is 40.5 Å². The zero-order valence-corrected chi connectivity index (χ0v) is 9.24. The Labute approximate surface area is 91.2 Å². The Bertz CT molecular complexity index is 322. The molecule has 13 heavy (non-hydrogen) atoms. The predicted molar refractivity (Wildman–Crippen MR) is 62.6 cm³/mol. The van der Waals surface area contributed by atoms with Gasteiger partial charge in [-0.05, 0) is 34.7 Å². The van der Waals surface area contributed by atoms with Gasteiger partial charge in [0, 0.05) is 9.99 Å². The highest BCUT2D eigenvalue weighted by Gasteiger charge is 2.01. The summed E-state index contributed by atoms with van der Waals surface area (Å²) in [5.74, 6) is -0.0286. The highest BCUT2D eigenvalue weighted by atomic mass is 127. The minimum absolute atomic E-state index is 0.0286. The van der Waals surface area contributed by atoms with E-state index in [0.717, 1.165) is 9.26 Å². The maximum absolute atomic E-state index is 11.2. The molecule has 0 aromatic heterocycles. The summed E-state index contributed by atoms with van der Waals surface area (Å²) in [5.41, 5.74) is 0.856. The number of rotatable bonds is 3. The molecule has 0 aliphatic rings. The van der Waals surface area contributed by atoms with Crippen LogP contribution in [0.1, 0.15) is 6.42 Å². The summed E-state index contributed by atoms with van der Waals surface area (Å²) in [6.07, 6.45) is 1.94. The summed E-state index contributed by atoms with van der Waals surface area (Å²) in [6, 6.07) is 7.66. The Balaban J connectivity index is 2.68. The van der Waals surface area contributed by atoms with Crippen LogP contribution in [0.3, 0.4) is 0 Å². The van der Waals surface area contributed by atoms with E-state index in [9.17, 15) is 4.79 Å². The van der Waals surface area contributed by atoms with E-state index in [-0.39, 0.29) is 5.91 Å². The molecule has 0 aliphatic carbocycles. The highest BCUT2D eigenvalue weighted by Crippen LogP contribution is 2.16. The van der Waals surface area contributed by atoms with Gasteiger partial charge in [-0.2, -0.15) is 0 Å². The second-order valence-corrected chi connectivity index (χ2v) is 3.68. The summed E-state index contributed by atoms with van der Waals surface area (Å²) in [7, 11) is 0. The quantitative estimate of drug-likeness (QED) is 0.672. The fraction of sp³-hybridized carbons (Fsp3) is 0.100. The first-order valence-electron chi connectivity index (χ1n) is 3.89. The van der Waals surface area contributed by atoms with Crippen molar-refractivity contribution in [3.8, 4) is 0 Å². The molecule has 1 aromatic rings. The lowest BCUT2D eigenvalue weighted by atomic mass is 10.3. The molecule has 1 amide bonds. The third kappa shape index (κ3) is 3.18. The van der Waals surface area contributed by atoms with Gasteiger partial charge in [0.2, 0.25) is 5.91 Å². The lowest BCUT2D eigenvalue weighted by Crippen LogP contribution is -2.10. The minimum atomic E-state index is -0.0286. The van der Waals surface area contributed by atoms with Crippen molar-refractivity contribution in [2.45, 2.75) is 6.42 Å². The zero-order chi connectivity index (χ0) is 9.68. The third-order valence-electron chi connectivity index (χ3n) is 1.48. The van der Waals surface area contributed by atoms with Crippen LogP contribution in [-0.2, 0) is 4.79 Å². The van der Waals surface area contributed by atoms with Crippen LogP contribution in [0, 0.1) is 3.57 Å². The fourth-order valence-electron chi connectivity index (χ4n) is 0.895. The predicted octanol–water partition coefficient (Wildman–Crippen LogP) is 2.81. The van der Waals surface area contributed by atoms with Crippen LogP contribution in [0.25, 0.3) is 0 Å². The van der Waals surface area contributed by atoms with Crippen molar-refractivity contribution < 1.29 is 4.79 Å². The molecule has 0 saturated heterocycles. The van der Waals surface area contributed by atoms with E-state index in [0.29, 0.717) is 6.42 Å². The van der Waals surface area contributed by atoms with Gasteiger partial charge in [-0.15, -0.1) is 6.58 Å². The number of halogens is 1. The molecule has 0 spiro atoms. The van der Waals surface area contributed by atoms with Gasteiger partial charge in [-0.3, -0.25) is 4.79 Å². The molecule has 0 fully saturated rings. The monoisotopic (exact) mass is 287 g/mol. The van der Waals surface area contributed by atoms with E-state index >= 15 is 0 Å². The number of hydrogen-bond donors (Lipinski definition) is 1. The molecule has 68 valence electrons. The maximum atomic E-state index is 11.2. The van der Waals surface area contributed by atoms with Crippen molar-refractivity contribution in [3.63, 3.8) is 0 Å². The highest BCUT2D eigenvalue weighted by molar-refractivity contribution is 14.1. The van der Waals surface area contributed by atoms with Crippen LogP contribution < -0.4 is 5.32 Å². The summed E-state index contributed by atoms with van der Waals surface area (Å²) in [5, 5.41) is 2.79. The topological polar surface area (TPSA) is 29.1 Å². The summed E-state index contributed by atoms with van der Waals surface area (Å²) in [6.45, 7) is 3.50. The van der Waals surface area contributed by atoms with Gasteiger partial charge in [0.1, 0.15) is 0 Å². The molecule has 3 heteroatoms. The number of para-hydroxylation sites is 1. The average Bonchev–Trinajstić information content (AvgIpc) is 2.09. The van der Waals surface area contributed by atoms with Gasteiger partial charge in [0.15, 0.2) is 0 Å². The van der Waals surface area contributed by atoms with Crippen LogP contribution in [0.4, 0.5) is 5.69 Å². The van der Waals surface area contributed by atoms with Crippen molar-refractivity contribution >= 4 is 34.2 Å². The van der Waals surface area contributed by atoms with Crippen molar-refractivity contribution in [1.82, 2.24) is 0 Å². The first-order valence-corrected chi connectivity index (χ1v) is 4.97. The van der Waals surface area contributed by atoms with E-state index in [4.69, 9.17) is 0 Å². The van der Waals surface area contributed by atoms with Gasteiger partial charge in [-0.25, -0.2) is 0 Å². The standard InChI is InChI=1S/C10H10INO/c1-2-5-10(13)12-9-7-4-3-6-8(9)11/h2-4,6-7H,1,5H2,(H,12,13). The molecule has 0 bridgehead atoms. The second-order valence-electron chi connectivity index (χ2n) is 2.52. The molecule has 0 saturated carbocycles. The lowest BCUT2D eigenvalue weighted by Gasteiger charge is -2.04. The summed E-state index contributed by atoms with van der Waals surface area (Å²) >= 11 is 2.18. The summed E-state index contributed by atoms with van der Waals surface area (Å²) < 4.78 is 1.04. The number of carbonyl (C=O) groups excluding carboxylic acids is 1. The number of carbonyl (C=O) groups is 1. The van der Waals surface area contributed by atoms with E-state index in [1.54, 1.807) is 6.08 Å². The largest absolute Gasteiger partial charge is 0.325 e. The Morgan fingerprint density at radius 2 is 2.23 bits per heavy atom. The van der Waals surface area contributed by atoms with Gasteiger partial charge in [-0.1, -0.05) is 18.2 Å². The molecule has 0 atom stereocenters. The Morgan fingerprint density at radius 1 is 1.54 bits per heavy atom. The fourth-order valence-corrected chi connectivity index (χ4v) is 1.42. The van der Waals surface area contributed by atoms with Crippen LogP contribution in [0.5, 0.6) is 0 Å². The van der Waals surface area contributed by atoms with Gasteiger partial charge >= 0.3 is 0 Å². The first-order chi connectivity index (χ1) is 6.24. The van der Waals surface area contributed by atoms with Crippen molar-refractivity contribution in [2.24, 2.45) is 0 Å². The molecule has 1 rings (SSSR count). The minimum Gasteiger partial charge on any atom is -0.325 e. The molecule has 0 unspecified atom stereocenters. The van der Waals surface area contributed by atoms with E-state index in [1.807, 2.05) is 24.3 Å². The maximum Gasteiger partial charge on any atom is 0.228 e. The Hall–Kier alpha value is -0.840. The molecule has 0 heterocycles. The van der Waals surface area contributed by atoms with E-state index in [1.165, 1.54) is 0 Å². The number of nitrogens with one attached hydrogen (secondary N) is 1. The Kier molecular flexibility index (Phi) is 3.95. The van der Waals surface area contributed by atoms with Crippen molar-refractivity contribution in [2.75, 3.05) is 5.32 Å². The molecular formula is C10H10INO. The normalized spacial score (nSPS) is 9.31. The number of amides is 1. The van der Waals surface area contributed by atoms with Gasteiger partial charge in [0.25, 0.3) is 0 Å². The average molecular weight is 287 g/mol. The van der Waals surface area contributed by atoms with Crippen LogP contribution in [-0.4, -0.2) is 5.91 Å². The van der Waals surface area contributed by atoms with Crippen LogP contribution in [0.2, 0.25) is 0 Å². The summed E-state index contributed by atoms with van der Waals surface area (Å²) in [4.78, 5) is 11.2. The van der Waals surface area contributed by atoms with Gasteiger partial charge < -0.3 is 5.32 Å². The van der Waals surface area contributed by atoms with E-state index in [2.05, 4.69) is 34.5 Å². The second kappa shape index (κ2) is 5.01. The molecule has 2 nitrogen and oxygen atoms in total.